The highest BCUT2D eigenvalue weighted by atomic mass is 32.2. The van der Waals surface area contributed by atoms with Crippen LogP contribution in [0, 0.1) is 12.7 Å². The number of hydrogen-bond acceptors (Lipinski definition) is 5. The van der Waals surface area contributed by atoms with E-state index >= 15 is 0 Å². The van der Waals surface area contributed by atoms with Crippen LogP contribution in [0.2, 0.25) is 0 Å². The van der Waals surface area contributed by atoms with E-state index in [2.05, 4.69) is 10.1 Å². The number of nitrogens with two attached hydrogens (primary N) is 1. The van der Waals surface area contributed by atoms with Crippen molar-refractivity contribution in [2.45, 2.75) is 17.9 Å². The van der Waals surface area contributed by atoms with Gasteiger partial charge in [-0.05, 0) is 24.6 Å². The fourth-order valence-corrected chi connectivity index (χ4v) is 2.36. The second-order valence-electron chi connectivity index (χ2n) is 3.83. The number of amidine groups is 1. The lowest BCUT2D eigenvalue weighted by Gasteiger charge is -2.07. The first kappa shape index (κ1) is 13.4. The first-order chi connectivity index (χ1) is 9.10. The number of hydrogen-bond donors (Lipinski definition) is 2. The first-order valence-corrected chi connectivity index (χ1v) is 6.40. The van der Waals surface area contributed by atoms with Crippen molar-refractivity contribution in [3.05, 3.63) is 47.1 Å². The standard InChI is InChI=1S/C12H12FN3O2S/c1-7-5-18-12(15-7)19-6-8-2-3-9(13)4-10(8)11(14)16-17/h2-5,17H,6H2,1H3,(H2,14,16). The van der Waals surface area contributed by atoms with E-state index in [1.54, 1.807) is 12.3 Å². The molecule has 0 saturated heterocycles. The van der Waals surface area contributed by atoms with Gasteiger partial charge >= 0.3 is 0 Å². The lowest BCUT2D eigenvalue weighted by atomic mass is 10.1. The number of halogens is 1. The molecule has 1 heterocycles. The van der Waals surface area contributed by atoms with Crippen molar-refractivity contribution in [1.82, 2.24) is 4.98 Å². The van der Waals surface area contributed by atoms with E-state index in [4.69, 9.17) is 15.4 Å². The van der Waals surface area contributed by atoms with Gasteiger partial charge in [0.15, 0.2) is 5.84 Å². The number of thioether (sulfide) groups is 1. The van der Waals surface area contributed by atoms with E-state index in [9.17, 15) is 4.39 Å². The summed E-state index contributed by atoms with van der Waals surface area (Å²) in [5.74, 6) is -0.0906. The third-order valence-electron chi connectivity index (χ3n) is 2.40. The highest BCUT2D eigenvalue weighted by Crippen LogP contribution is 2.24. The number of rotatable bonds is 4. The van der Waals surface area contributed by atoms with Crippen molar-refractivity contribution in [2.24, 2.45) is 10.9 Å². The summed E-state index contributed by atoms with van der Waals surface area (Å²) >= 11 is 1.35. The Balaban J connectivity index is 2.20. The normalized spacial score (nSPS) is 11.8. The molecule has 0 spiro atoms. The SMILES string of the molecule is Cc1coc(SCc2ccc(F)cc2/C(N)=N/O)n1. The second kappa shape index (κ2) is 5.75. The predicted molar refractivity (Wildman–Crippen MR) is 69.7 cm³/mol. The molecular formula is C12H12FN3O2S. The van der Waals surface area contributed by atoms with Gasteiger partial charge in [0.2, 0.25) is 0 Å². The molecule has 0 atom stereocenters. The smallest absolute Gasteiger partial charge is 0.256 e. The maximum Gasteiger partial charge on any atom is 0.256 e. The number of oxazole rings is 1. The van der Waals surface area contributed by atoms with Gasteiger partial charge in [0.05, 0.1) is 5.69 Å². The Morgan fingerprint density at radius 1 is 1.58 bits per heavy atom. The highest BCUT2D eigenvalue weighted by Gasteiger charge is 2.10. The van der Waals surface area contributed by atoms with Crippen LogP contribution >= 0.6 is 11.8 Å². The maximum atomic E-state index is 13.2. The van der Waals surface area contributed by atoms with Gasteiger partial charge in [0.1, 0.15) is 12.1 Å². The summed E-state index contributed by atoms with van der Waals surface area (Å²) in [6.07, 6.45) is 1.55. The van der Waals surface area contributed by atoms with Gasteiger partial charge in [0.25, 0.3) is 5.22 Å². The van der Waals surface area contributed by atoms with Gasteiger partial charge in [0, 0.05) is 11.3 Å². The second-order valence-corrected chi connectivity index (χ2v) is 4.76. The molecule has 0 amide bonds. The van der Waals surface area contributed by atoms with Gasteiger partial charge < -0.3 is 15.4 Å². The van der Waals surface area contributed by atoms with Crippen LogP contribution in [0.1, 0.15) is 16.8 Å². The Hall–Kier alpha value is -2.02. The lowest BCUT2D eigenvalue weighted by Crippen LogP contribution is -2.15. The Morgan fingerprint density at radius 2 is 2.37 bits per heavy atom. The van der Waals surface area contributed by atoms with Crippen LogP contribution in [0.4, 0.5) is 4.39 Å². The number of aromatic nitrogens is 1. The van der Waals surface area contributed by atoms with Crippen molar-refractivity contribution in [2.75, 3.05) is 0 Å². The molecule has 0 saturated carbocycles. The van der Waals surface area contributed by atoms with E-state index in [0.29, 0.717) is 16.5 Å². The van der Waals surface area contributed by atoms with E-state index in [1.165, 1.54) is 23.9 Å². The molecule has 3 N–H and O–H groups in total. The number of oxime groups is 1. The summed E-state index contributed by atoms with van der Waals surface area (Å²) in [7, 11) is 0. The van der Waals surface area contributed by atoms with Gasteiger partial charge in [-0.3, -0.25) is 0 Å². The Morgan fingerprint density at radius 3 is 3.00 bits per heavy atom. The summed E-state index contributed by atoms with van der Waals surface area (Å²) < 4.78 is 18.4. The molecule has 0 fully saturated rings. The number of aryl methyl sites for hydroxylation is 1. The van der Waals surface area contributed by atoms with E-state index in [1.807, 2.05) is 6.92 Å². The molecule has 0 aliphatic heterocycles. The molecule has 0 unspecified atom stereocenters. The molecule has 7 heteroatoms. The quantitative estimate of drug-likeness (QED) is 0.296. The van der Waals surface area contributed by atoms with E-state index in [0.717, 1.165) is 11.3 Å². The molecule has 2 rings (SSSR count). The Labute approximate surface area is 113 Å². The van der Waals surface area contributed by atoms with Crippen LogP contribution in [0.5, 0.6) is 0 Å². The average Bonchev–Trinajstić information content (AvgIpc) is 2.82. The molecule has 1 aromatic carbocycles. The molecule has 0 aliphatic rings. The van der Waals surface area contributed by atoms with Gasteiger partial charge in [-0.2, -0.15) is 0 Å². The van der Waals surface area contributed by atoms with Crippen LogP contribution in [-0.4, -0.2) is 16.0 Å². The summed E-state index contributed by atoms with van der Waals surface area (Å²) in [6, 6.07) is 4.14. The highest BCUT2D eigenvalue weighted by molar-refractivity contribution is 7.98. The van der Waals surface area contributed by atoms with Crippen molar-refractivity contribution < 1.29 is 14.0 Å². The van der Waals surface area contributed by atoms with Crippen molar-refractivity contribution in [1.29, 1.82) is 0 Å². The molecule has 5 nitrogen and oxygen atoms in total. The van der Waals surface area contributed by atoms with Crippen molar-refractivity contribution >= 4 is 17.6 Å². The van der Waals surface area contributed by atoms with Gasteiger partial charge in [-0.25, -0.2) is 9.37 Å². The molecule has 2 aromatic rings. The van der Waals surface area contributed by atoms with Crippen LogP contribution in [-0.2, 0) is 5.75 Å². The van der Waals surface area contributed by atoms with Gasteiger partial charge in [-0.1, -0.05) is 23.0 Å². The summed E-state index contributed by atoms with van der Waals surface area (Å²) in [4.78, 5) is 4.15. The Kier molecular flexibility index (Phi) is 4.06. The molecule has 19 heavy (non-hydrogen) atoms. The third kappa shape index (κ3) is 3.25. The average molecular weight is 281 g/mol. The third-order valence-corrected chi connectivity index (χ3v) is 3.29. The minimum absolute atomic E-state index is 0.126. The topological polar surface area (TPSA) is 84.6 Å². The molecule has 0 bridgehead atoms. The van der Waals surface area contributed by atoms with Crippen molar-refractivity contribution in [3.63, 3.8) is 0 Å². The zero-order valence-electron chi connectivity index (χ0n) is 10.1. The largest absolute Gasteiger partial charge is 0.440 e. The van der Waals surface area contributed by atoms with E-state index in [-0.39, 0.29) is 5.84 Å². The summed E-state index contributed by atoms with van der Waals surface area (Å²) in [6.45, 7) is 1.83. The molecule has 0 aliphatic carbocycles. The van der Waals surface area contributed by atoms with Crippen LogP contribution < -0.4 is 5.73 Å². The molecular weight excluding hydrogens is 269 g/mol. The number of benzene rings is 1. The van der Waals surface area contributed by atoms with Crippen LogP contribution in [0.15, 0.2) is 39.3 Å². The minimum Gasteiger partial charge on any atom is -0.440 e. The zero-order chi connectivity index (χ0) is 13.8. The minimum atomic E-state index is -0.442. The molecule has 0 radical (unpaired) electrons. The fraction of sp³-hybridized carbons (Fsp3) is 0.167. The number of nitrogens with zero attached hydrogens (tertiary/aromatic N) is 2. The zero-order valence-corrected chi connectivity index (χ0v) is 10.9. The van der Waals surface area contributed by atoms with Crippen molar-refractivity contribution in [3.8, 4) is 0 Å². The van der Waals surface area contributed by atoms with E-state index < -0.39 is 5.82 Å². The fourth-order valence-electron chi connectivity index (χ4n) is 1.51. The summed E-state index contributed by atoms with van der Waals surface area (Å²) in [5.41, 5.74) is 7.41. The predicted octanol–water partition coefficient (Wildman–Crippen LogP) is 2.51. The van der Waals surface area contributed by atoms with Gasteiger partial charge in [-0.15, -0.1) is 0 Å². The summed E-state index contributed by atoms with van der Waals surface area (Å²) in [5, 5.41) is 12.1. The Bertz CT molecular complexity index is 613. The molecule has 1 aromatic heterocycles. The van der Waals surface area contributed by atoms with Crippen LogP contribution in [0.25, 0.3) is 0 Å². The maximum absolute atomic E-state index is 13.2. The van der Waals surface area contributed by atoms with Crippen LogP contribution in [0.3, 0.4) is 0 Å². The molecule has 100 valence electrons. The monoisotopic (exact) mass is 281 g/mol. The lowest BCUT2D eigenvalue weighted by molar-refractivity contribution is 0.318. The first-order valence-electron chi connectivity index (χ1n) is 5.41.